The van der Waals surface area contributed by atoms with E-state index in [9.17, 15) is 24.0 Å². The molecule has 0 radical (unpaired) electrons. The number of aryl methyl sites for hydroxylation is 10. The van der Waals surface area contributed by atoms with E-state index in [-0.39, 0.29) is 30.4 Å². The lowest BCUT2D eigenvalue weighted by Gasteiger charge is -2.19. The summed E-state index contributed by atoms with van der Waals surface area (Å²) >= 11 is 4.43. The van der Waals surface area contributed by atoms with Gasteiger partial charge in [-0.3, -0.25) is 39.5 Å². The molecule has 0 bridgehead atoms. The molecule has 31 nitrogen and oxygen atoms in total. The highest BCUT2D eigenvalue weighted by molar-refractivity contribution is 14.1. The second kappa shape index (κ2) is 41.6. The molecule has 0 aliphatic heterocycles. The van der Waals surface area contributed by atoms with Gasteiger partial charge in [0.05, 0.1) is 124 Å². The largest absolute Gasteiger partial charge is 0.465 e. The lowest BCUT2D eigenvalue weighted by molar-refractivity contribution is 0.0533. The predicted molar refractivity (Wildman–Crippen MR) is 548 cm³/mol. The minimum absolute atomic E-state index is 0. The first-order valence-electron chi connectivity index (χ1n) is 44.1. The number of pyridine rings is 7. The number of halogens is 3. The molecule has 3 aromatic carbocycles. The number of hydrogen-bond acceptors (Lipinski definition) is 27. The van der Waals surface area contributed by atoms with Crippen LogP contribution in [-0.2, 0) is 30.1 Å². The normalized spacial score (nSPS) is 11.6. The Balaban J connectivity index is 0.000000135. The summed E-state index contributed by atoms with van der Waals surface area (Å²) in [7, 11) is 4.09. The molecule has 16 heterocycles. The van der Waals surface area contributed by atoms with E-state index in [4.69, 9.17) is 66.2 Å². The molecule has 1 aliphatic carbocycles. The molecule has 1 N–H and O–H groups in total. The number of carbonyl (C=O) groups excluding carboxylic acids is 5. The summed E-state index contributed by atoms with van der Waals surface area (Å²) in [6.07, 6.45) is 22.2. The number of nitrogens with one attached hydrogen (secondary N) is 1. The number of esters is 3. The Morgan fingerprint density at radius 2 is 0.750 bits per heavy atom. The van der Waals surface area contributed by atoms with Crippen LogP contribution in [0.2, 0.25) is 0 Å². The van der Waals surface area contributed by atoms with Gasteiger partial charge in [0.15, 0.2) is 0 Å². The van der Waals surface area contributed by atoms with Crippen molar-refractivity contribution in [3.8, 4) is 77.9 Å². The van der Waals surface area contributed by atoms with Gasteiger partial charge >= 0.3 is 30.1 Å². The molecule has 19 aromatic rings. The highest BCUT2D eigenvalue weighted by atomic mass is 127. The number of benzene rings is 3. The number of nitrogens with zero attached hydrogens (tertiary/aromatic N) is 15. The van der Waals surface area contributed by atoms with Crippen molar-refractivity contribution in [2.75, 3.05) is 21.3 Å². The van der Waals surface area contributed by atoms with Crippen LogP contribution >= 0.6 is 57.6 Å². The van der Waals surface area contributed by atoms with Crippen molar-refractivity contribution in [1.29, 1.82) is 0 Å². The molecule has 0 spiro atoms. The fourth-order valence-electron chi connectivity index (χ4n) is 16.7. The molecular weight excluding hydrogens is 2030 g/mol. The zero-order valence-corrected chi connectivity index (χ0v) is 85.1. The Kier molecular flexibility index (Phi) is 29.5. The Hall–Kier alpha value is -15.2. The molecule has 0 unspecified atom stereocenters. The van der Waals surface area contributed by atoms with Crippen LogP contribution in [0.5, 0.6) is 0 Å². The number of carbonyl (C=O) groups is 5. The lowest BCUT2D eigenvalue weighted by Crippen LogP contribution is -2.26. The predicted octanol–water partition coefficient (Wildman–Crippen LogP) is 24.4. The van der Waals surface area contributed by atoms with Crippen LogP contribution in [0.4, 0.5) is 9.59 Å². The fraction of sp³-hybridized carbons (Fsp3) is 0.217. The van der Waals surface area contributed by atoms with E-state index < -0.39 is 29.4 Å². The van der Waals surface area contributed by atoms with Gasteiger partial charge in [-0.15, -0.1) is 12.4 Å². The highest BCUT2D eigenvalue weighted by Crippen LogP contribution is 2.43. The third kappa shape index (κ3) is 20.9. The van der Waals surface area contributed by atoms with Crippen LogP contribution in [0, 0.1) is 76.4 Å². The van der Waals surface area contributed by atoms with E-state index in [1.807, 2.05) is 208 Å². The maximum atomic E-state index is 13.1. The summed E-state index contributed by atoms with van der Waals surface area (Å²) < 4.78 is 59.1. The average Bonchev–Trinajstić information content (AvgIpc) is 1.60. The summed E-state index contributed by atoms with van der Waals surface area (Å²) in [6.45, 7) is 29.9. The van der Waals surface area contributed by atoms with Crippen molar-refractivity contribution >= 4 is 137 Å². The first-order chi connectivity index (χ1) is 66.5. The van der Waals surface area contributed by atoms with Crippen LogP contribution in [0.3, 0.4) is 0 Å². The first kappa shape index (κ1) is 99.2. The van der Waals surface area contributed by atoms with Crippen molar-refractivity contribution in [3.05, 3.63) is 323 Å². The van der Waals surface area contributed by atoms with Gasteiger partial charge in [0, 0.05) is 140 Å². The van der Waals surface area contributed by atoms with Crippen LogP contribution in [0.1, 0.15) is 164 Å². The quantitative estimate of drug-likeness (QED) is 0.0600. The van der Waals surface area contributed by atoms with Gasteiger partial charge in [0.25, 0.3) is 0 Å². The van der Waals surface area contributed by atoms with Gasteiger partial charge < -0.3 is 55.9 Å². The van der Waals surface area contributed by atoms with E-state index in [0.29, 0.717) is 39.0 Å². The summed E-state index contributed by atoms with van der Waals surface area (Å²) in [5, 5.41) is 20.1. The average molecular weight is 2120 g/mol. The number of methoxy groups -OCH3 is 3. The molecule has 1 aliphatic rings. The van der Waals surface area contributed by atoms with Gasteiger partial charge in [0.2, 0.25) is 0 Å². The third-order valence-electron chi connectivity index (χ3n) is 23.0. The molecule has 16 aromatic heterocycles. The van der Waals surface area contributed by atoms with Gasteiger partial charge in [-0.05, 0) is 276 Å². The van der Waals surface area contributed by atoms with E-state index in [1.54, 1.807) is 85.7 Å². The van der Waals surface area contributed by atoms with Crippen molar-refractivity contribution in [1.82, 2.24) is 79.4 Å². The fourth-order valence-corrected chi connectivity index (χ4v) is 18.0. The van der Waals surface area contributed by atoms with Crippen LogP contribution in [0.25, 0.3) is 128 Å². The van der Waals surface area contributed by atoms with Gasteiger partial charge in [0.1, 0.15) is 57.1 Å². The molecule has 0 amide bonds. The van der Waals surface area contributed by atoms with E-state index in [1.165, 1.54) is 36.0 Å². The maximum Gasteiger partial charge on any atom is 0.419 e. The zero-order valence-electron chi connectivity index (χ0n) is 80.0. The summed E-state index contributed by atoms with van der Waals surface area (Å²) in [5.74, 6) is 2.62. The van der Waals surface area contributed by atoms with Crippen molar-refractivity contribution in [2.24, 2.45) is 0 Å². The van der Waals surface area contributed by atoms with Gasteiger partial charge in [-0.2, -0.15) is 0 Å². The van der Waals surface area contributed by atoms with Crippen molar-refractivity contribution in [2.45, 2.75) is 134 Å². The van der Waals surface area contributed by atoms with Gasteiger partial charge in [-0.25, -0.2) is 28.5 Å². The summed E-state index contributed by atoms with van der Waals surface area (Å²) in [5.41, 5.74) is 29.4. The number of rotatable bonds is 14. The van der Waals surface area contributed by atoms with Gasteiger partial charge in [-0.1, -0.05) is 80.4 Å². The number of hydrogen-bond donors (Lipinski definition) is 1. The van der Waals surface area contributed by atoms with Crippen molar-refractivity contribution in [3.63, 3.8) is 0 Å². The molecule has 712 valence electrons. The number of fused-ring (bicyclic) bond motifs is 5. The van der Waals surface area contributed by atoms with E-state index >= 15 is 0 Å². The van der Waals surface area contributed by atoms with Crippen LogP contribution < -0.4 is 0 Å². The number of ether oxygens (including phenoxy) is 5. The minimum Gasteiger partial charge on any atom is -0.465 e. The number of allylic oxidation sites excluding steroid dienone is 1. The molecule has 34 heteroatoms. The standard InChI is InChI=1S/C31H25N5O3.C25H25N3O5.C21H18N2O3.C17H18IN3O3.C12H10IN3O.ClH/c1-19-28(20(2)39-35-19)23-16-27-29(34-17-23)24(21-10-12-22(13-11-21)31(37)38-3)18-36(27)30(25-8-4-6-14-32-25)26-9-5-7-15-33-26;1-14-21(15(2)33-27-14)18-11-20-22(26-12-18)19(13-28(20)24(30)32-25(3,4)5)16-7-9-17(10-8-16)23(29)31-6;1-12-19(13(2)26-23-12)17-10-16-8-9-18(20(16)22-11-17)14-4-6-15(7-5-14)21(24)25-3;1-9-14(10(2)24-20-9)11-6-13-15(19-7-11)12(18)8-21(13)16(22)23-17(3,4)5;1-6-11(7(2)17-16-6)8-3-10-12(15-4-8)9(13)5-14-10;/h4-18,30H,1-3H3;7-13H,1-6H3;4-7,9-11H,8H2,1-3H3;6-8H,1-5H3;3-5,14H,1-2H3;1H. The zero-order chi connectivity index (χ0) is 98.7. The number of H-pyrrole nitrogens is 1. The van der Waals surface area contributed by atoms with E-state index in [0.717, 1.165) is 199 Å². The third-order valence-corrected chi connectivity index (χ3v) is 24.6. The Bertz CT molecular complexity index is 7770. The highest BCUT2D eigenvalue weighted by Gasteiger charge is 2.30. The second-order valence-electron chi connectivity index (χ2n) is 34.9. The molecule has 0 saturated heterocycles. The van der Waals surface area contributed by atoms with Crippen molar-refractivity contribution < 1.29 is 70.3 Å². The SMILES string of the molecule is COC(=O)c1ccc(-c2cn(C(=O)OC(C)(C)C)c3cc(-c4c(C)noc4C)cnc23)cc1.COC(=O)c1ccc(-c2cn(C(c3ccccn3)c3ccccn3)c3cc(-c4c(C)noc4C)cnc23)cc1.COC(=O)c1ccc(C2=CCc3cc(-c4c(C)noc4C)cnc32)cc1.Cc1noc(C)c1-c1cnc2c(I)c[nH]c2c1.Cc1noc(C)c1-c1cnc2c(I)cn(C(=O)OC(C)(C)C)c2c1.Cl. The lowest BCUT2D eigenvalue weighted by atomic mass is 10.00. The first-order valence-corrected chi connectivity index (χ1v) is 46.2. The Morgan fingerprint density at radius 3 is 1.14 bits per heavy atom. The summed E-state index contributed by atoms with van der Waals surface area (Å²) in [6, 6.07) is 43.3. The summed E-state index contributed by atoms with van der Waals surface area (Å²) in [4.78, 5) is 96.9. The number of aromatic nitrogens is 16. The minimum atomic E-state index is -0.664. The maximum absolute atomic E-state index is 13.1. The second-order valence-corrected chi connectivity index (χ2v) is 37.2. The topological polar surface area (TPSA) is 382 Å². The molecular formula is C106H97ClI2N16O15. The molecule has 140 heavy (non-hydrogen) atoms. The Morgan fingerprint density at radius 1 is 0.393 bits per heavy atom. The van der Waals surface area contributed by atoms with Crippen LogP contribution in [0.15, 0.2) is 236 Å². The molecule has 0 saturated carbocycles. The molecule has 0 fully saturated rings. The smallest absolute Gasteiger partial charge is 0.419 e. The Labute approximate surface area is 837 Å². The number of aromatic amines is 1. The molecule has 20 rings (SSSR count). The molecule has 0 atom stereocenters. The van der Waals surface area contributed by atoms with E-state index in [2.05, 4.69) is 126 Å². The monoisotopic (exact) mass is 2120 g/mol. The van der Waals surface area contributed by atoms with Crippen LogP contribution in [-0.4, -0.2) is 142 Å².